The van der Waals surface area contributed by atoms with Gasteiger partial charge in [0, 0.05) is 16.5 Å². The van der Waals surface area contributed by atoms with Gasteiger partial charge in [0.2, 0.25) is 0 Å². The first-order chi connectivity index (χ1) is 13.6. The number of unbranched alkanes of at least 4 members (excludes halogenated alkanes) is 2. The number of amides is 1. The van der Waals surface area contributed by atoms with Gasteiger partial charge in [-0.25, -0.2) is 4.98 Å². The Balaban J connectivity index is 1.60. The first-order valence-electron chi connectivity index (χ1n) is 9.02. The van der Waals surface area contributed by atoms with Gasteiger partial charge in [0.25, 0.3) is 5.91 Å². The van der Waals surface area contributed by atoms with Crippen LogP contribution >= 0.6 is 34.5 Å². The molecule has 0 unspecified atom stereocenters. The van der Waals surface area contributed by atoms with Crippen molar-refractivity contribution in [2.75, 3.05) is 11.9 Å². The maximum absolute atomic E-state index is 12.4. The minimum Gasteiger partial charge on any atom is -0.494 e. The second-order valence-corrected chi connectivity index (χ2v) is 7.87. The van der Waals surface area contributed by atoms with Crippen LogP contribution in [0.15, 0.2) is 47.8 Å². The maximum Gasteiger partial charge on any atom is 0.257 e. The number of nitrogens with zero attached hydrogens (tertiary/aromatic N) is 1. The lowest BCUT2D eigenvalue weighted by atomic mass is 10.2. The summed E-state index contributed by atoms with van der Waals surface area (Å²) in [6, 6.07) is 12.4. The molecule has 0 saturated heterocycles. The number of carbonyl (C=O) groups excluding carboxylic acids is 1. The summed E-state index contributed by atoms with van der Waals surface area (Å²) < 4.78 is 5.67. The van der Waals surface area contributed by atoms with Crippen molar-refractivity contribution in [1.29, 1.82) is 0 Å². The van der Waals surface area contributed by atoms with Crippen molar-refractivity contribution in [3.63, 3.8) is 0 Å². The van der Waals surface area contributed by atoms with Crippen LogP contribution < -0.4 is 10.1 Å². The molecule has 0 bridgehead atoms. The molecule has 1 amide bonds. The molecule has 7 heteroatoms. The Morgan fingerprint density at radius 1 is 1.11 bits per heavy atom. The zero-order chi connectivity index (χ0) is 19.9. The van der Waals surface area contributed by atoms with Crippen LogP contribution in [0.4, 0.5) is 5.13 Å². The van der Waals surface area contributed by atoms with Gasteiger partial charge in [-0.2, -0.15) is 0 Å². The summed E-state index contributed by atoms with van der Waals surface area (Å²) in [5.41, 5.74) is 2.12. The average molecular weight is 435 g/mol. The second-order valence-electron chi connectivity index (χ2n) is 6.20. The highest BCUT2D eigenvalue weighted by Gasteiger charge is 2.11. The van der Waals surface area contributed by atoms with Crippen LogP contribution in [0.3, 0.4) is 0 Å². The molecule has 1 heterocycles. The van der Waals surface area contributed by atoms with Crippen LogP contribution in [-0.2, 0) is 0 Å². The van der Waals surface area contributed by atoms with Crippen molar-refractivity contribution in [1.82, 2.24) is 4.98 Å². The molecule has 3 aromatic rings. The first-order valence-corrected chi connectivity index (χ1v) is 10.7. The van der Waals surface area contributed by atoms with E-state index in [2.05, 4.69) is 17.2 Å². The normalized spacial score (nSPS) is 10.7. The fourth-order valence-electron chi connectivity index (χ4n) is 2.53. The van der Waals surface area contributed by atoms with Crippen molar-refractivity contribution >= 4 is 45.6 Å². The molecule has 146 valence electrons. The molecule has 0 radical (unpaired) electrons. The molecule has 1 aromatic heterocycles. The van der Waals surface area contributed by atoms with E-state index in [1.54, 1.807) is 24.3 Å². The molecular weight excluding hydrogens is 415 g/mol. The summed E-state index contributed by atoms with van der Waals surface area (Å²) in [7, 11) is 0. The zero-order valence-electron chi connectivity index (χ0n) is 15.4. The van der Waals surface area contributed by atoms with Gasteiger partial charge < -0.3 is 4.74 Å². The lowest BCUT2D eigenvalue weighted by Gasteiger charge is -2.07. The van der Waals surface area contributed by atoms with E-state index in [1.165, 1.54) is 11.3 Å². The van der Waals surface area contributed by atoms with Crippen molar-refractivity contribution in [3.8, 4) is 17.0 Å². The van der Waals surface area contributed by atoms with E-state index in [-0.39, 0.29) is 5.91 Å². The van der Waals surface area contributed by atoms with Crippen LogP contribution in [0, 0.1) is 0 Å². The largest absolute Gasteiger partial charge is 0.494 e. The Kier molecular flexibility index (Phi) is 7.31. The fraction of sp³-hybridized carbons (Fsp3) is 0.238. The van der Waals surface area contributed by atoms with Gasteiger partial charge in [0.1, 0.15) is 5.75 Å². The van der Waals surface area contributed by atoms with Gasteiger partial charge in [-0.15, -0.1) is 11.3 Å². The fourth-order valence-corrected chi connectivity index (χ4v) is 3.55. The molecule has 3 rings (SSSR count). The molecule has 0 spiro atoms. The highest BCUT2D eigenvalue weighted by Crippen LogP contribution is 2.30. The third kappa shape index (κ3) is 5.47. The van der Waals surface area contributed by atoms with Gasteiger partial charge in [-0.3, -0.25) is 10.1 Å². The second kappa shape index (κ2) is 9.92. The Morgan fingerprint density at radius 2 is 1.89 bits per heavy atom. The maximum atomic E-state index is 12.4. The standard InChI is InChI=1S/C21H20Cl2N2O2S/c1-2-3-4-11-27-16-8-5-14(6-9-16)20(26)25-21-24-19(13-28-21)15-7-10-17(22)18(23)12-15/h5-10,12-13H,2-4,11H2,1H3,(H,24,25,26). The van der Waals surface area contributed by atoms with E-state index in [0.29, 0.717) is 27.3 Å². The number of aromatic nitrogens is 1. The van der Waals surface area contributed by atoms with Crippen LogP contribution in [0.2, 0.25) is 10.0 Å². The number of hydrogen-bond acceptors (Lipinski definition) is 4. The molecule has 0 aliphatic rings. The Hall–Kier alpha value is -2.08. The van der Waals surface area contributed by atoms with E-state index in [4.69, 9.17) is 27.9 Å². The SMILES string of the molecule is CCCCCOc1ccc(C(=O)Nc2nc(-c3ccc(Cl)c(Cl)c3)cs2)cc1. The molecule has 0 fully saturated rings. The van der Waals surface area contributed by atoms with Crippen molar-refractivity contribution in [2.45, 2.75) is 26.2 Å². The summed E-state index contributed by atoms with van der Waals surface area (Å²) in [4.78, 5) is 16.9. The summed E-state index contributed by atoms with van der Waals surface area (Å²) >= 11 is 13.4. The molecule has 28 heavy (non-hydrogen) atoms. The first kappa shape index (κ1) is 20.6. The predicted molar refractivity (Wildman–Crippen MR) is 117 cm³/mol. The lowest BCUT2D eigenvalue weighted by Crippen LogP contribution is -2.11. The van der Waals surface area contributed by atoms with Crippen molar-refractivity contribution < 1.29 is 9.53 Å². The van der Waals surface area contributed by atoms with Crippen LogP contribution in [-0.4, -0.2) is 17.5 Å². The lowest BCUT2D eigenvalue weighted by molar-refractivity contribution is 0.102. The summed E-state index contributed by atoms with van der Waals surface area (Å²) in [5.74, 6) is 0.552. The number of rotatable bonds is 8. The molecular formula is C21H20Cl2N2O2S. The number of halogens is 2. The minimum absolute atomic E-state index is 0.215. The van der Waals surface area contributed by atoms with E-state index in [9.17, 15) is 4.79 Å². The van der Waals surface area contributed by atoms with Crippen LogP contribution in [0.1, 0.15) is 36.5 Å². The van der Waals surface area contributed by atoms with Gasteiger partial charge in [-0.05, 0) is 42.8 Å². The van der Waals surface area contributed by atoms with Crippen molar-refractivity contribution in [2.24, 2.45) is 0 Å². The molecule has 0 saturated carbocycles. The Labute approximate surface area is 178 Å². The summed E-state index contributed by atoms with van der Waals surface area (Å²) in [6.45, 7) is 2.85. The van der Waals surface area contributed by atoms with Crippen LogP contribution in [0.25, 0.3) is 11.3 Å². The predicted octanol–water partition coefficient (Wildman–Crippen LogP) is 6.94. The van der Waals surface area contributed by atoms with Gasteiger partial charge in [0.15, 0.2) is 5.13 Å². The monoisotopic (exact) mass is 434 g/mol. The smallest absolute Gasteiger partial charge is 0.257 e. The number of thiazole rings is 1. The van der Waals surface area contributed by atoms with Crippen molar-refractivity contribution in [3.05, 3.63) is 63.5 Å². The van der Waals surface area contributed by atoms with E-state index >= 15 is 0 Å². The number of ether oxygens (including phenoxy) is 1. The van der Waals surface area contributed by atoms with Gasteiger partial charge >= 0.3 is 0 Å². The minimum atomic E-state index is -0.215. The molecule has 1 N–H and O–H groups in total. The molecule has 2 aromatic carbocycles. The highest BCUT2D eigenvalue weighted by atomic mass is 35.5. The topological polar surface area (TPSA) is 51.2 Å². The average Bonchev–Trinajstić information content (AvgIpc) is 3.16. The highest BCUT2D eigenvalue weighted by molar-refractivity contribution is 7.14. The van der Waals surface area contributed by atoms with E-state index in [0.717, 1.165) is 36.3 Å². The number of nitrogens with one attached hydrogen (secondary N) is 1. The van der Waals surface area contributed by atoms with Gasteiger partial charge in [-0.1, -0.05) is 49.0 Å². The third-order valence-electron chi connectivity index (χ3n) is 4.07. The quantitative estimate of drug-likeness (QED) is 0.390. The Morgan fingerprint density at radius 3 is 2.61 bits per heavy atom. The number of benzene rings is 2. The van der Waals surface area contributed by atoms with E-state index < -0.39 is 0 Å². The molecule has 4 nitrogen and oxygen atoms in total. The number of carbonyl (C=O) groups is 1. The molecule has 0 atom stereocenters. The molecule has 0 aliphatic heterocycles. The Bertz CT molecular complexity index is 942. The zero-order valence-corrected chi connectivity index (χ0v) is 17.7. The third-order valence-corrected chi connectivity index (χ3v) is 5.57. The van der Waals surface area contributed by atoms with Gasteiger partial charge in [0.05, 0.1) is 22.3 Å². The number of anilines is 1. The van der Waals surface area contributed by atoms with Crippen LogP contribution in [0.5, 0.6) is 5.75 Å². The summed E-state index contributed by atoms with van der Waals surface area (Å²) in [5, 5.41) is 6.17. The van der Waals surface area contributed by atoms with E-state index in [1.807, 2.05) is 23.6 Å². The summed E-state index contributed by atoms with van der Waals surface area (Å²) in [6.07, 6.45) is 3.34. The number of hydrogen-bond donors (Lipinski definition) is 1. The molecule has 0 aliphatic carbocycles.